The molecule has 2 rings (SSSR count). The molecule has 5 nitrogen and oxygen atoms in total. The summed E-state index contributed by atoms with van der Waals surface area (Å²) in [6, 6.07) is 13.0. The van der Waals surface area contributed by atoms with Crippen molar-refractivity contribution in [2.24, 2.45) is 5.92 Å². The minimum Gasteiger partial charge on any atom is -0.326 e. The van der Waals surface area contributed by atoms with Crippen LogP contribution in [0.1, 0.15) is 61.5 Å². The maximum atomic E-state index is 12.4. The normalized spacial score (nSPS) is 10.7. The molecule has 2 aromatic carbocycles. The van der Waals surface area contributed by atoms with Crippen LogP contribution in [0, 0.1) is 12.8 Å². The first-order valence-electron chi connectivity index (χ1n) is 10.1. The van der Waals surface area contributed by atoms with Crippen LogP contribution in [0.5, 0.6) is 0 Å². The van der Waals surface area contributed by atoms with Gasteiger partial charge >= 0.3 is 0 Å². The van der Waals surface area contributed by atoms with Gasteiger partial charge in [-0.25, -0.2) is 0 Å². The van der Waals surface area contributed by atoms with Gasteiger partial charge in [0.05, 0.1) is 0 Å². The first kappa shape index (κ1) is 22.3. The molecule has 0 radical (unpaired) electrons. The summed E-state index contributed by atoms with van der Waals surface area (Å²) in [6.07, 6.45) is 1.63. The van der Waals surface area contributed by atoms with Crippen LogP contribution in [0.25, 0.3) is 0 Å². The number of hydrogen-bond donors (Lipinski definition) is 2. The first-order chi connectivity index (χ1) is 13.8. The van der Waals surface area contributed by atoms with Crippen LogP contribution in [0.15, 0.2) is 42.5 Å². The van der Waals surface area contributed by atoms with E-state index in [-0.39, 0.29) is 30.4 Å². The number of rotatable bonds is 9. The van der Waals surface area contributed by atoms with E-state index in [1.54, 1.807) is 19.1 Å². The van der Waals surface area contributed by atoms with E-state index in [1.807, 2.05) is 37.3 Å². The summed E-state index contributed by atoms with van der Waals surface area (Å²) < 4.78 is 0. The van der Waals surface area contributed by atoms with Crippen molar-refractivity contribution in [2.75, 3.05) is 10.6 Å². The lowest BCUT2D eigenvalue weighted by atomic mass is 9.99. The van der Waals surface area contributed by atoms with Gasteiger partial charge in [0.25, 0.3) is 0 Å². The van der Waals surface area contributed by atoms with Gasteiger partial charge in [0.1, 0.15) is 0 Å². The number of anilines is 2. The number of carbonyl (C=O) groups excluding carboxylic acids is 3. The van der Waals surface area contributed by atoms with Crippen molar-refractivity contribution in [1.82, 2.24) is 0 Å². The fourth-order valence-corrected chi connectivity index (χ4v) is 2.97. The van der Waals surface area contributed by atoms with Crippen molar-refractivity contribution in [1.29, 1.82) is 0 Å². The number of ketones is 1. The van der Waals surface area contributed by atoms with Crippen molar-refractivity contribution >= 4 is 29.0 Å². The standard InChI is InChI=1S/C24H30N2O3/c1-5-23(28)25-20-11-6-17(4)21(15-20)26-24(29)13-12-22(27)19-9-7-18(8-10-19)14-16(2)3/h6-11,15-16H,5,12-14H2,1-4H3,(H,25,28)(H,26,29). The number of amides is 2. The Balaban J connectivity index is 1.91. The van der Waals surface area contributed by atoms with Crippen molar-refractivity contribution in [2.45, 2.75) is 53.4 Å². The molecule has 0 unspecified atom stereocenters. The molecule has 0 heterocycles. The van der Waals surface area contributed by atoms with E-state index in [2.05, 4.69) is 24.5 Å². The summed E-state index contributed by atoms with van der Waals surface area (Å²) >= 11 is 0. The van der Waals surface area contributed by atoms with E-state index < -0.39 is 0 Å². The maximum absolute atomic E-state index is 12.4. The molecule has 0 saturated carbocycles. The average molecular weight is 395 g/mol. The monoisotopic (exact) mass is 394 g/mol. The number of aryl methyl sites for hydroxylation is 1. The quantitative estimate of drug-likeness (QED) is 0.578. The molecule has 154 valence electrons. The van der Waals surface area contributed by atoms with Crippen molar-refractivity contribution in [3.63, 3.8) is 0 Å². The van der Waals surface area contributed by atoms with Gasteiger partial charge in [-0.05, 0) is 42.5 Å². The fourth-order valence-electron chi connectivity index (χ4n) is 2.97. The SMILES string of the molecule is CCC(=O)Nc1ccc(C)c(NC(=O)CCC(=O)c2ccc(CC(C)C)cc2)c1. The third-order valence-electron chi connectivity index (χ3n) is 4.62. The Kier molecular flexibility index (Phi) is 8.13. The highest BCUT2D eigenvalue weighted by Gasteiger charge is 2.11. The Morgan fingerprint density at radius 2 is 1.59 bits per heavy atom. The van der Waals surface area contributed by atoms with Crippen molar-refractivity contribution < 1.29 is 14.4 Å². The van der Waals surface area contributed by atoms with Crippen molar-refractivity contribution in [3.8, 4) is 0 Å². The second kappa shape index (κ2) is 10.6. The van der Waals surface area contributed by atoms with E-state index >= 15 is 0 Å². The summed E-state index contributed by atoms with van der Waals surface area (Å²) in [5.74, 6) is 0.211. The smallest absolute Gasteiger partial charge is 0.224 e. The lowest BCUT2D eigenvalue weighted by molar-refractivity contribution is -0.116. The Labute approximate surface area is 172 Å². The first-order valence-corrected chi connectivity index (χ1v) is 10.1. The van der Waals surface area contributed by atoms with Crippen LogP contribution in [-0.2, 0) is 16.0 Å². The van der Waals surface area contributed by atoms with Crippen LogP contribution >= 0.6 is 0 Å². The van der Waals surface area contributed by atoms with Gasteiger partial charge in [-0.3, -0.25) is 14.4 Å². The van der Waals surface area contributed by atoms with Gasteiger partial charge in [-0.15, -0.1) is 0 Å². The average Bonchev–Trinajstić information content (AvgIpc) is 2.68. The fraction of sp³-hybridized carbons (Fsp3) is 0.375. The number of carbonyl (C=O) groups is 3. The molecular weight excluding hydrogens is 364 g/mol. The van der Waals surface area contributed by atoms with E-state index in [4.69, 9.17) is 0 Å². The van der Waals surface area contributed by atoms with E-state index in [0.717, 1.165) is 12.0 Å². The van der Waals surface area contributed by atoms with Gasteiger partial charge in [0.2, 0.25) is 11.8 Å². The minimum absolute atomic E-state index is 0.0445. The van der Waals surface area contributed by atoms with E-state index in [0.29, 0.717) is 29.3 Å². The molecule has 0 aliphatic heterocycles. The van der Waals surface area contributed by atoms with E-state index in [9.17, 15) is 14.4 Å². The van der Waals surface area contributed by atoms with E-state index in [1.165, 1.54) is 5.56 Å². The molecular formula is C24H30N2O3. The van der Waals surface area contributed by atoms with Gasteiger partial charge in [-0.2, -0.15) is 0 Å². The Morgan fingerprint density at radius 1 is 0.897 bits per heavy atom. The molecule has 0 saturated heterocycles. The Bertz CT molecular complexity index is 870. The second-order valence-corrected chi connectivity index (χ2v) is 7.70. The summed E-state index contributed by atoms with van der Waals surface area (Å²) in [7, 11) is 0. The molecule has 0 aliphatic carbocycles. The highest BCUT2D eigenvalue weighted by molar-refractivity contribution is 6.00. The predicted molar refractivity (Wildman–Crippen MR) is 117 cm³/mol. The third-order valence-corrected chi connectivity index (χ3v) is 4.62. The molecule has 0 bridgehead atoms. The molecule has 0 aromatic heterocycles. The maximum Gasteiger partial charge on any atom is 0.224 e. The highest BCUT2D eigenvalue weighted by Crippen LogP contribution is 2.21. The number of hydrogen-bond acceptors (Lipinski definition) is 3. The molecule has 0 atom stereocenters. The van der Waals surface area contributed by atoms with Crippen LogP contribution < -0.4 is 10.6 Å². The van der Waals surface area contributed by atoms with Gasteiger partial charge in [-0.1, -0.05) is 51.1 Å². The summed E-state index contributed by atoms with van der Waals surface area (Å²) in [5.41, 5.74) is 4.00. The molecule has 2 aromatic rings. The summed E-state index contributed by atoms with van der Waals surface area (Å²) in [5, 5.41) is 5.61. The topological polar surface area (TPSA) is 75.3 Å². The number of nitrogens with one attached hydrogen (secondary N) is 2. The summed E-state index contributed by atoms with van der Waals surface area (Å²) in [4.78, 5) is 36.2. The number of benzene rings is 2. The second-order valence-electron chi connectivity index (χ2n) is 7.70. The van der Waals surface area contributed by atoms with Gasteiger partial charge < -0.3 is 10.6 Å². The van der Waals surface area contributed by atoms with Gasteiger partial charge in [0.15, 0.2) is 5.78 Å². The highest BCUT2D eigenvalue weighted by atomic mass is 16.2. The molecule has 5 heteroatoms. The molecule has 0 aliphatic rings. The summed E-state index contributed by atoms with van der Waals surface area (Å²) in [6.45, 7) is 7.98. The zero-order chi connectivity index (χ0) is 21.4. The van der Waals surface area contributed by atoms with Gasteiger partial charge in [0, 0.05) is 36.2 Å². The zero-order valence-corrected chi connectivity index (χ0v) is 17.7. The minimum atomic E-state index is -0.225. The molecule has 29 heavy (non-hydrogen) atoms. The Morgan fingerprint density at radius 3 is 2.21 bits per heavy atom. The van der Waals surface area contributed by atoms with Crippen LogP contribution in [-0.4, -0.2) is 17.6 Å². The Hall–Kier alpha value is -2.95. The molecule has 2 N–H and O–H groups in total. The zero-order valence-electron chi connectivity index (χ0n) is 17.7. The van der Waals surface area contributed by atoms with Crippen molar-refractivity contribution in [3.05, 3.63) is 59.2 Å². The molecule has 0 fully saturated rings. The predicted octanol–water partition coefficient (Wildman–Crippen LogP) is 5.14. The van der Waals surface area contributed by atoms with Crippen LogP contribution in [0.2, 0.25) is 0 Å². The molecule has 2 amide bonds. The lowest BCUT2D eigenvalue weighted by Gasteiger charge is -2.11. The lowest BCUT2D eigenvalue weighted by Crippen LogP contribution is -2.15. The number of Topliss-reactive ketones (excluding diaryl/α,β-unsaturated/α-hetero) is 1. The molecule has 0 spiro atoms. The largest absolute Gasteiger partial charge is 0.326 e. The third kappa shape index (κ3) is 7.18. The van der Waals surface area contributed by atoms with Crippen LogP contribution in [0.3, 0.4) is 0 Å². The van der Waals surface area contributed by atoms with Crippen LogP contribution in [0.4, 0.5) is 11.4 Å².